The van der Waals surface area contributed by atoms with Crippen molar-refractivity contribution in [3.63, 3.8) is 0 Å². The molecular formula is C17H24O10. The van der Waals surface area contributed by atoms with Crippen molar-refractivity contribution in [1.82, 2.24) is 0 Å². The van der Waals surface area contributed by atoms with Crippen LogP contribution >= 0.6 is 0 Å². The summed E-state index contributed by atoms with van der Waals surface area (Å²) >= 11 is 0. The molecule has 0 aromatic rings. The van der Waals surface area contributed by atoms with Crippen LogP contribution in [0.5, 0.6) is 0 Å². The fourth-order valence-electron chi connectivity index (χ4n) is 2.96. The second kappa shape index (κ2) is 9.89. The highest BCUT2D eigenvalue weighted by molar-refractivity contribution is 5.69. The highest BCUT2D eigenvalue weighted by atomic mass is 16.6. The van der Waals surface area contributed by atoms with Crippen molar-refractivity contribution in [1.29, 1.82) is 0 Å². The van der Waals surface area contributed by atoms with E-state index in [-0.39, 0.29) is 13.0 Å². The van der Waals surface area contributed by atoms with Gasteiger partial charge < -0.3 is 23.7 Å². The van der Waals surface area contributed by atoms with Crippen LogP contribution in [-0.2, 0) is 47.7 Å². The molecular weight excluding hydrogens is 364 g/mol. The van der Waals surface area contributed by atoms with Gasteiger partial charge in [-0.3, -0.25) is 24.0 Å². The van der Waals surface area contributed by atoms with Crippen molar-refractivity contribution >= 4 is 29.8 Å². The summed E-state index contributed by atoms with van der Waals surface area (Å²) in [7, 11) is 0. The summed E-state index contributed by atoms with van der Waals surface area (Å²) in [6.07, 6.45) is -4.42. The lowest BCUT2D eigenvalue weighted by molar-refractivity contribution is -0.221. The van der Waals surface area contributed by atoms with Crippen LogP contribution < -0.4 is 0 Å². The van der Waals surface area contributed by atoms with Gasteiger partial charge in [0.1, 0.15) is 12.2 Å². The maximum atomic E-state index is 11.6. The molecule has 1 aliphatic rings. The first kappa shape index (κ1) is 22.4. The second-order valence-electron chi connectivity index (χ2n) is 6.17. The molecule has 1 saturated carbocycles. The summed E-state index contributed by atoms with van der Waals surface area (Å²) < 4.78 is 25.9. The summed E-state index contributed by atoms with van der Waals surface area (Å²) in [5.74, 6) is -3.95. The largest absolute Gasteiger partial charge is 0.465 e. The monoisotopic (exact) mass is 388 g/mol. The molecule has 0 saturated heterocycles. The lowest BCUT2D eigenvalue weighted by Crippen LogP contribution is -2.59. The first-order valence-electron chi connectivity index (χ1n) is 8.33. The molecule has 152 valence electrons. The van der Waals surface area contributed by atoms with Gasteiger partial charge in [0.05, 0.1) is 6.61 Å². The fourth-order valence-corrected chi connectivity index (χ4v) is 2.96. The lowest BCUT2D eigenvalue weighted by atomic mass is 9.80. The van der Waals surface area contributed by atoms with Crippen molar-refractivity contribution < 1.29 is 47.7 Å². The predicted octanol–water partition coefficient (Wildman–Crippen LogP) is 0.296. The van der Waals surface area contributed by atoms with Crippen LogP contribution in [0.2, 0.25) is 0 Å². The van der Waals surface area contributed by atoms with E-state index in [9.17, 15) is 24.0 Å². The molecule has 0 aliphatic heterocycles. The Bertz CT molecular complexity index is 599. The SMILES string of the molecule is CC(=O)OC[C@H]1CC(OC(C)=O)[C@H](OC(C)=O)[C@@H](OC(C)=O)[C@@H]1OC(C)=O. The van der Waals surface area contributed by atoms with Crippen molar-refractivity contribution in [2.24, 2.45) is 5.92 Å². The molecule has 0 bridgehead atoms. The normalized spacial score (nSPS) is 27.1. The molecule has 0 radical (unpaired) electrons. The predicted molar refractivity (Wildman–Crippen MR) is 87.0 cm³/mol. The van der Waals surface area contributed by atoms with E-state index in [1.165, 1.54) is 13.8 Å². The molecule has 0 aromatic carbocycles. The van der Waals surface area contributed by atoms with Gasteiger partial charge in [0, 0.05) is 40.5 Å². The van der Waals surface area contributed by atoms with E-state index in [4.69, 9.17) is 23.7 Å². The zero-order valence-corrected chi connectivity index (χ0v) is 15.9. The molecule has 0 amide bonds. The lowest BCUT2D eigenvalue weighted by Gasteiger charge is -2.43. The maximum absolute atomic E-state index is 11.6. The van der Waals surface area contributed by atoms with Crippen LogP contribution in [-0.4, -0.2) is 60.9 Å². The summed E-state index contributed by atoms with van der Waals surface area (Å²) in [6.45, 7) is 5.64. The van der Waals surface area contributed by atoms with E-state index < -0.39 is 60.2 Å². The Kier molecular flexibility index (Phi) is 8.20. The quantitative estimate of drug-likeness (QED) is 0.462. The highest BCUT2D eigenvalue weighted by Gasteiger charge is 2.52. The molecule has 1 aliphatic carbocycles. The minimum Gasteiger partial charge on any atom is -0.465 e. The number of carbonyl (C=O) groups is 5. The molecule has 0 aromatic heterocycles. The minimum atomic E-state index is -1.24. The average Bonchev–Trinajstić information content (AvgIpc) is 2.49. The number of hydrogen-bond acceptors (Lipinski definition) is 10. The third-order valence-corrected chi connectivity index (χ3v) is 3.74. The number of esters is 5. The Hall–Kier alpha value is -2.65. The van der Waals surface area contributed by atoms with Gasteiger partial charge in [0.2, 0.25) is 0 Å². The molecule has 1 rings (SSSR count). The zero-order chi connectivity index (χ0) is 20.7. The van der Waals surface area contributed by atoms with Crippen molar-refractivity contribution in [3.8, 4) is 0 Å². The van der Waals surface area contributed by atoms with Gasteiger partial charge in [-0.1, -0.05) is 0 Å². The van der Waals surface area contributed by atoms with Gasteiger partial charge in [-0.2, -0.15) is 0 Å². The molecule has 10 heteroatoms. The molecule has 0 spiro atoms. The Morgan fingerprint density at radius 3 is 1.52 bits per heavy atom. The van der Waals surface area contributed by atoms with Crippen molar-refractivity contribution in [2.45, 2.75) is 65.5 Å². The Morgan fingerprint density at radius 2 is 1.07 bits per heavy atom. The van der Waals surface area contributed by atoms with E-state index in [2.05, 4.69) is 0 Å². The molecule has 1 fully saturated rings. The van der Waals surface area contributed by atoms with Crippen LogP contribution in [0.1, 0.15) is 41.0 Å². The summed E-state index contributed by atoms with van der Waals surface area (Å²) in [5.41, 5.74) is 0. The zero-order valence-electron chi connectivity index (χ0n) is 15.9. The van der Waals surface area contributed by atoms with E-state index in [0.29, 0.717) is 0 Å². The smallest absolute Gasteiger partial charge is 0.303 e. The second-order valence-corrected chi connectivity index (χ2v) is 6.17. The maximum Gasteiger partial charge on any atom is 0.303 e. The fraction of sp³-hybridized carbons (Fsp3) is 0.706. The van der Waals surface area contributed by atoms with E-state index in [0.717, 1.165) is 20.8 Å². The molecule has 0 N–H and O–H groups in total. The Balaban J connectivity index is 3.29. The summed E-state index contributed by atoms with van der Waals surface area (Å²) in [4.78, 5) is 57.3. The van der Waals surface area contributed by atoms with E-state index >= 15 is 0 Å². The molecule has 27 heavy (non-hydrogen) atoms. The summed E-state index contributed by atoms with van der Waals surface area (Å²) in [6, 6.07) is 0. The molecule has 5 atom stereocenters. The molecule has 1 unspecified atom stereocenters. The van der Waals surface area contributed by atoms with Crippen LogP contribution in [0.3, 0.4) is 0 Å². The van der Waals surface area contributed by atoms with Gasteiger partial charge in [-0.15, -0.1) is 0 Å². The average molecular weight is 388 g/mol. The first-order valence-corrected chi connectivity index (χ1v) is 8.33. The van der Waals surface area contributed by atoms with Crippen LogP contribution in [0.25, 0.3) is 0 Å². The molecule has 10 nitrogen and oxygen atoms in total. The molecule has 0 heterocycles. The number of rotatable bonds is 6. The van der Waals surface area contributed by atoms with E-state index in [1.54, 1.807) is 0 Å². The minimum absolute atomic E-state index is 0.0561. The Labute approximate surface area is 156 Å². The van der Waals surface area contributed by atoms with Gasteiger partial charge in [0.25, 0.3) is 0 Å². The number of ether oxygens (including phenoxy) is 5. The van der Waals surface area contributed by atoms with Crippen molar-refractivity contribution in [2.75, 3.05) is 6.61 Å². The van der Waals surface area contributed by atoms with Crippen LogP contribution in [0.15, 0.2) is 0 Å². The van der Waals surface area contributed by atoms with Gasteiger partial charge in [-0.25, -0.2) is 0 Å². The van der Waals surface area contributed by atoms with E-state index in [1.807, 2.05) is 0 Å². The van der Waals surface area contributed by atoms with Gasteiger partial charge >= 0.3 is 29.8 Å². The third-order valence-electron chi connectivity index (χ3n) is 3.74. The van der Waals surface area contributed by atoms with Crippen LogP contribution in [0, 0.1) is 5.92 Å². The first-order chi connectivity index (χ1) is 12.5. The topological polar surface area (TPSA) is 132 Å². The number of carbonyl (C=O) groups excluding carboxylic acids is 5. The van der Waals surface area contributed by atoms with Gasteiger partial charge in [0.15, 0.2) is 12.2 Å². The van der Waals surface area contributed by atoms with Gasteiger partial charge in [-0.05, 0) is 6.42 Å². The number of hydrogen-bond donors (Lipinski definition) is 0. The third kappa shape index (κ3) is 7.24. The summed E-state index contributed by atoms with van der Waals surface area (Å²) in [5, 5.41) is 0. The highest BCUT2D eigenvalue weighted by Crippen LogP contribution is 2.34. The Morgan fingerprint density at radius 1 is 0.630 bits per heavy atom. The van der Waals surface area contributed by atoms with Crippen molar-refractivity contribution in [3.05, 3.63) is 0 Å². The standard InChI is InChI=1S/C17H24O10/c1-8(18)23-7-13-6-14(24-9(2)19)16(26-11(4)21)17(27-12(5)22)15(13)25-10(3)20/h13-17H,6-7H2,1-5H3/t13-,14?,15-,16+,17+/m1/s1. The van der Waals surface area contributed by atoms with Crippen LogP contribution in [0.4, 0.5) is 0 Å².